The van der Waals surface area contributed by atoms with Crippen LogP contribution in [0.2, 0.25) is 0 Å². The van der Waals surface area contributed by atoms with Crippen LogP contribution in [0.4, 0.5) is 11.8 Å². The number of nitrogens with one attached hydrogen (secondary N) is 1. The molecule has 2 aliphatic rings. The van der Waals surface area contributed by atoms with Gasteiger partial charge in [-0.05, 0) is 31.2 Å². The van der Waals surface area contributed by atoms with Crippen molar-refractivity contribution in [3.8, 4) is 0 Å². The van der Waals surface area contributed by atoms with E-state index in [0.29, 0.717) is 6.04 Å². The largest absolute Gasteiger partial charge is 0.356 e. The van der Waals surface area contributed by atoms with E-state index in [9.17, 15) is 0 Å². The molecule has 0 bridgehead atoms. The van der Waals surface area contributed by atoms with E-state index >= 15 is 0 Å². The second kappa shape index (κ2) is 7.95. The van der Waals surface area contributed by atoms with Gasteiger partial charge < -0.3 is 15.1 Å². The Morgan fingerprint density at radius 2 is 1.96 bits per heavy atom. The molecule has 1 aromatic rings. The predicted octanol–water partition coefficient (Wildman–Crippen LogP) is 3.00. The molecular weight excluding hydrogens is 286 g/mol. The maximum atomic E-state index is 4.77. The van der Waals surface area contributed by atoms with Crippen molar-refractivity contribution in [3.05, 3.63) is 12.3 Å². The van der Waals surface area contributed by atoms with Crippen molar-refractivity contribution in [1.29, 1.82) is 0 Å². The van der Waals surface area contributed by atoms with Gasteiger partial charge in [0.05, 0.1) is 0 Å². The van der Waals surface area contributed by atoms with Gasteiger partial charge in [-0.1, -0.05) is 26.7 Å². The molecule has 0 spiro atoms. The highest BCUT2D eigenvalue weighted by atomic mass is 15.3. The third kappa shape index (κ3) is 4.80. The molecule has 2 aliphatic heterocycles. The standard InChI is InChI=1S/C18H31N5/c1-15(2)13-22-12-8-16(14-22)20-18-19-9-7-17(21-18)23-10-5-3-4-6-11-23/h7,9,15-16H,3-6,8,10-14H2,1-2H3,(H,19,20,21). The van der Waals surface area contributed by atoms with Crippen molar-refractivity contribution < 1.29 is 0 Å². The lowest BCUT2D eigenvalue weighted by molar-refractivity contribution is 0.296. The minimum atomic E-state index is 0.480. The van der Waals surface area contributed by atoms with E-state index in [0.717, 1.165) is 37.3 Å². The van der Waals surface area contributed by atoms with Crippen LogP contribution >= 0.6 is 0 Å². The zero-order chi connectivity index (χ0) is 16.1. The molecule has 0 amide bonds. The summed E-state index contributed by atoms with van der Waals surface area (Å²) in [6, 6.07) is 2.53. The number of aromatic nitrogens is 2. The summed E-state index contributed by atoms with van der Waals surface area (Å²) in [5.41, 5.74) is 0. The fraction of sp³-hybridized carbons (Fsp3) is 0.778. The first kappa shape index (κ1) is 16.5. The van der Waals surface area contributed by atoms with Crippen molar-refractivity contribution in [3.63, 3.8) is 0 Å². The van der Waals surface area contributed by atoms with Crippen molar-refractivity contribution in [2.45, 2.75) is 52.0 Å². The molecule has 0 radical (unpaired) electrons. The minimum Gasteiger partial charge on any atom is -0.356 e. The van der Waals surface area contributed by atoms with Gasteiger partial charge in [0.15, 0.2) is 0 Å². The first-order valence-corrected chi connectivity index (χ1v) is 9.27. The Morgan fingerprint density at radius 1 is 1.17 bits per heavy atom. The van der Waals surface area contributed by atoms with Crippen LogP contribution in [-0.4, -0.2) is 53.6 Å². The second-order valence-corrected chi connectivity index (χ2v) is 7.42. The van der Waals surface area contributed by atoms with E-state index in [4.69, 9.17) is 4.98 Å². The van der Waals surface area contributed by atoms with Crippen LogP contribution in [0.5, 0.6) is 0 Å². The first-order valence-electron chi connectivity index (χ1n) is 9.27. The van der Waals surface area contributed by atoms with E-state index in [2.05, 4.69) is 40.0 Å². The van der Waals surface area contributed by atoms with Gasteiger partial charge in [-0.3, -0.25) is 0 Å². The molecule has 0 saturated carbocycles. The quantitative estimate of drug-likeness (QED) is 0.904. The molecule has 5 nitrogen and oxygen atoms in total. The highest BCUT2D eigenvalue weighted by molar-refractivity contribution is 5.43. The van der Waals surface area contributed by atoms with Crippen LogP contribution in [0.3, 0.4) is 0 Å². The number of anilines is 2. The zero-order valence-electron chi connectivity index (χ0n) is 14.7. The Bertz CT molecular complexity index is 482. The maximum Gasteiger partial charge on any atom is 0.224 e. The summed E-state index contributed by atoms with van der Waals surface area (Å²) < 4.78 is 0. The van der Waals surface area contributed by atoms with Crippen molar-refractivity contribution in [1.82, 2.24) is 14.9 Å². The number of nitrogens with zero attached hydrogens (tertiary/aromatic N) is 4. The Balaban J connectivity index is 1.57. The number of hydrogen-bond acceptors (Lipinski definition) is 5. The Labute approximate surface area is 140 Å². The van der Waals surface area contributed by atoms with Gasteiger partial charge in [0.1, 0.15) is 5.82 Å². The van der Waals surface area contributed by atoms with Crippen LogP contribution < -0.4 is 10.2 Å². The molecule has 0 aliphatic carbocycles. The maximum absolute atomic E-state index is 4.77. The predicted molar refractivity (Wildman–Crippen MR) is 96.0 cm³/mol. The lowest BCUT2D eigenvalue weighted by atomic mass is 10.2. The molecule has 2 saturated heterocycles. The highest BCUT2D eigenvalue weighted by Crippen LogP contribution is 2.19. The summed E-state index contributed by atoms with van der Waals surface area (Å²) in [6.07, 6.45) is 8.33. The smallest absolute Gasteiger partial charge is 0.224 e. The highest BCUT2D eigenvalue weighted by Gasteiger charge is 2.23. The molecule has 1 N–H and O–H groups in total. The number of hydrogen-bond donors (Lipinski definition) is 1. The molecular formula is C18H31N5. The van der Waals surface area contributed by atoms with Gasteiger partial charge in [0.2, 0.25) is 5.95 Å². The summed E-state index contributed by atoms with van der Waals surface area (Å²) >= 11 is 0. The van der Waals surface area contributed by atoms with Crippen LogP contribution in [0, 0.1) is 5.92 Å². The lowest BCUT2D eigenvalue weighted by Crippen LogP contribution is -2.30. The van der Waals surface area contributed by atoms with Crippen LogP contribution in [0.15, 0.2) is 12.3 Å². The van der Waals surface area contributed by atoms with E-state index in [1.54, 1.807) is 0 Å². The van der Waals surface area contributed by atoms with Crippen molar-refractivity contribution >= 4 is 11.8 Å². The third-order valence-electron chi connectivity index (χ3n) is 4.80. The Hall–Kier alpha value is -1.36. The van der Waals surface area contributed by atoms with Crippen LogP contribution in [-0.2, 0) is 0 Å². The molecule has 5 heteroatoms. The fourth-order valence-corrected chi connectivity index (χ4v) is 3.71. The van der Waals surface area contributed by atoms with Crippen LogP contribution in [0.25, 0.3) is 0 Å². The molecule has 0 aromatic carbocycles. The SMILES string of the molecule is CC(C)CN1CCC(Nc2nccc(N3CCCCCC3)n2)C1. The summed E-state index contributed by atoms with van der Waals surface area (Å²) in [7, 11) is 0. The summed E-state index contributed by atoms with van der Waals surface area (Å²) in [5.74, 6) is 2.61. The van der Waals surface area contributed by atoms with Gasteiger partial charge in [0, 0.05) is 45.0 Å². The van der Waals surface area contributed by atoms with Crippen LogP contribution in [0.1, 0.15) is 46.0 Å². The molecule has 1 unspecified atom stereocenters. The first-order chi connectivity index (χ1) is 11.2. The summed E-state index contributed by atoms with van der Waals surface area (Å²) in [5, 5.41) is 3.55. The molecule has 3 rings (SSSR count). The molecule has 1 aromatic heterocycles. The zero-order valence-corrected chi connectivity index (χ0v) is 14.7. The normalized spacial score (nSPS) is 23.3. The van der Waals surface area contributed by atoms with Gasteiger partial charge in [-0.25, -0.2) is 4.98 Å². The molecule has 2 fully saturated rings. The van der Waals surface area contributed by atoms with Crippen molar-refractivity contribution in [2.24, 2.45) is 5.92 Å². The van der Waals surface area contributed by atoms with E-state index in [1.165, 1.54) is 45.2 Å². The second-order valence-electron chi connectivity index (χ2n) is 7.42. The average Bonchev–Trinajstić information content (AvgIpc) is 2.79. The molecule has 1 atom stereocenters. The Morgan fingerprint density at radius 3 is 2.70 bits per heavy atom. The van der Waals surface area contributed by atoms with Gasteiger partial charge in [-0.2, -0.15) is 4.98 Å². The van der Waals surface area contributed by atoms with Gasteiger partial charge in [0.25, 0.3) is 0 Å². The van der Waals surface area contributed by atoms with Gasteiger partial charge in [-0.15, -0.1) is 0 Å². The van der Waals surface area contributed by atoms with E-state index in [1.807, 2.05) is 6.20 Å². The fourth-order valence-electron chi connectivity index (χ4n) is 3.71. The monoisotopic (exact) mass is 317 g/mol. The summed E-state index contributed by atoms with van der Waals surface area (Å²) in [6.45, 7) is 10.3. The minimum absolute atomic E-state index is 0.480. The van der Waals surface area contributed by atoms with E-state index < -0.39 is 0 Å². The van der Waals surface area contributed by atoms with E-state index in [-0.39, 0.29) is 0 Å². The topological polar surface area (TPSA) is 44.3 Å². The van der Waals surface area contributed by atoms with Gasteiger partial charge >= 0.3 is 0 Å². The third-order valence-corrected chi connectivity index (χ3v) is 4.80. The molecule has 23 heavy (non-hydrogen) atoms. The molecule has 128 valence electrons. The lowest BCUT2D eigenvalue weighted by Gasteiger charge is -2.22. The number of likely N-dealkylation sites (tertiary alicyclic amines) is 1. The summed E-state index contributed by atoms with van der Waals surface area (Å²) in [4.78, 5) is 14.2. The number of rotatable bonds is 5. The average molecular weight is 317 g/mol. The Kier molecular flexibility index (Phi) is 5.70. The van der Waals surface area contributed by atoms with Crippen molar-refractivity contribution in [2.75, 3.05) is 42.9 Å². The molecule has 3 heterocycles.